The lowest BCUT2D eigenvalue weighted by molar-refractivity contribution is -0.125. The molecule has 134 valence electrons. The maximum absolute atomic E-state index is 12.1. The fraction of sp³-hybridized carbons (Fsp3) is 0.550. The lowest BCUT2D eigenvalue weighted by Crippen LogP contribution is -2.50. The van der Waals surface area contributed by atoms with Crippen LogP contribution in [0.15, 0.2) is 24.3 Å². The summed E-state index contributed by atoms with van der Waals surface area (Å²) in [5.74, 6) is -0.964. The highest BCUT2D eigenvalue weighted by molar-refractivity contribution is 5.91. The Morgan fingerprint density at radius 2 is 1.76 bits per heavy atom. The van der Waals surface area contributed by atoms with Gasteiger partial charge >= 0.3 is 5.97 Å². The summed E-state index contributed by atoms with van der Waals surface area (Å²) in [7, 11) is 0. The second-order valence-corrected chi connectivity index (χ2v) is 7.71. The van der Waals surface area contributed by atoms with Crippen LogP contribution in [0.4, 0.5) is 0 Å². The number of amides is 1. The molecule has 0 heterocycles. The van der Waals surface area contributed by atoms with Gasteiger partial charge in [-0.1, -0.05) is 52.2 Å². The number of nitrogens with zero attached hydrogens (tertiary/aromatic N) is 1. The number of rotatable bonds is 4. The quantitative estimate of drug-likeness (QED) is 0.850. The van der Waals surface area contributed by atoms with E-state index in [9.17, 15) is 14.9 Å². The van der Waals surface area contributed by atoms with Gasteiger partial charge in [0.2, 0.25) is 0 Å². The molecule has 1 aromatic carbocycles. The van der Waals surface area contributed by atoms with E-state index in [-0.39, 0.29) is 12.0 Å². The van der Waals surface area contributed by atoms with Gasteiger partial charge in [0.1, 0.15) is 5.54 Å². The predicted molar refractivity (Wildman–Crippen MR) is 95.0 cm³/mol. The number of benzene rings is 1. The van der Waals surface area contributed by atoms with Gasteiger partial charge in [-0.15, -0.1) is 0 Å². The zero-order valence-corrected chi connectivity index (χ0v) is 15.2. The lowest BCUT2D eigenvalue weighted by Gasteiger charge is -2.31. The first-order chi connectivity index (χ1) is 11.8. The molecule has 0 aromatic heterocycles. The first-order valence-electron chi connectivity index (χ1n) is 8.76. The monoisotopic (exact) mass is 342 g/mol. The molecule has 0 aliphatic heterocycles. The Balaban J connectivity index is 1.89. The van der Waals surface area contributed by atoms with Crippen molar-refractivity contribution in [2.24, 2.45) is 0 Å². The number of ether oxygens (including phenoxy) is 1. The third-order valence-corrected chi connectivity index (χ3v) is 4.62. The van der Waals surface area contributed by atoms with E-state index in [1.807, 2.05) is 12.1 Å². The maximum Gasteiger partial charge on any atom is 0.338 e. The Hall–Kier alpha value is -2.35. The smallest absolute Gasteiger partial charge is 0.338 e. The van der Waals surface area contributed by atoms with E-state index < -0.39 is 17.4 Å². The van der Waals surface area contributed by atoms with Crippen molar-refractivity contribution in [3.05, 3.63) is 35.4 Å². The average Bonchev–Trinajstić information content (AvgIpc) is 2.60. The summed E-state index contributed by atoms with van der Waals surface area (Å²) in [6.45, 7) is 5.92. The van der Waals surface area contributed by atoms with Crippen LogP contribution in [0.5, 0.6) is 0 Å². The van der Waals surface area contributed by atoms with Crippen LogP contribution in [-0.4, -0.2) is 24.0 Å². The van der Waals surface area contributed by atoms with Crippen molar-refractivity contribution in [3.63, 3.8) is 0 Å². The summed E-state index contributed by atoms with van der Waals surface area (Å²) in [4.78, 5) is 24.1. The predicted octanol–water partition coefficient (Wildman–Crippen LogP) is 3.48. The maximum atomic E-state index is 12.1. The van der Waals surface area contributed by atoms with Crippen LogP contribution in [0, 0.1) is 11.3 Å². The molecule has 1 aliphatic carbocycles. The number of esters is 1. The van der Waals surface area contributed by atoms with Crippen molar-refractivity contribution in [2.75, 3.05) is 6.61 Å². The van der Waals surface area contributed by atoms with Crippen LogP contribution in [0.1, 0.15) is 68.8 Å². The largest absolute Gasteiger partial charge is 0.452 e. The summed E-state index contributed by atoms with van der Waals surface area (Å²) >= 11 is 0. The molecule has 1 N–H and O–H groups in total. The highest BCUT2D eigenvalue weighted by Crippen LogP contribution is 2.27. The average molecular weight is 342 g/mol. The van der Waals surface area contributed by atoms with Gasteiger partial charge in [0.15, 0.2) is 6.61 Å². The molecule has 5 nitrogen and oxygen atoms in total. The fourth-order valence-corrected chi connectivity index (χ4v) is 3.04. The molecule has 0 bridgehead atoms. The molecule has 1 amide bonds. The molecule has 1 fully saturated rings. The highest BCUT2D eigenvalue weighted by Gasteiger charge is 2.33. The van der Waals surface area contributed by atoms with Gasteiger partial charge in [-0.25, -0.2) is 4.79 Å². The third-order valence-electron chi connectivity index (χ3n) is 4.62. The number of carbonyl (C=O) groups is 2. The Kier molecular flexibility index (Phi) is 5.84. The molecule has 0 saturated heterocycles. The molecule has 0 radical (unpaired) electrons. The van der Waals surface area contributed by atoms with Crippen LogP contribution in [0.2, 0.25) is 0 Å². The third kappa shape index (κ3) is 5.06. The Bertz CT molecular complexity index is 660. The molecule has 1 aliphatic rings. The molecular weight excluding hydrogens is 316 g/mol. The van der Waals surface area contributed by atoms with Crippen molar-refractivity contribution < 1.29 is 14.3 Å². The zero-order valence-electron chi connectivity index (χ0n) is 15.2. The van der Waals surface area contributed by atoms with E-state index in [2.05, 4.69) is 32.2 Å². The number of carbonyl (C=O) groups excluding carboxylic acids is 2. The summed E-state index contributed by atoms with van der Waals surface area (Å²) < 4.78 is 5.09. The summed E-state index contributed by atoms with van der Waals surface area (Å²) in [5, 5.41) is 12.1. The van der Waals surface area contributed by atoms with Gasteiger partial charge < -0.3 is 10.1 Å². The highest BCUT2D eigenvalue weighted by atomic mass is 16.5. The van der Waals surface area contributed by atoms with E-state index in [1.54, 1.807) is 12.1 Å². The van der Waals surface area contributed by atoms with Gasteiger partial charge in [0.25, 0.3) is 5.91 Å². The van der Waals surface area contributed by atoms with Crippen molar-refractivity contribution >= 4 is 11.9 Å². The van der Waals surface area contributed by atoms with Gasteiger partial charge in [-0.05, 0) is 36.0 Å². The minimum Gasteiger partial charge on any atom is -0.452 e. The van der Waals surface area contributed by atoms with Crippen LogP contribution in [0.3, 0.4) is 0 Å². The van der Waals surface area contributed by atoms with Crippen molar-refractivity contribution in [2.45, 2.75) is 63.8 Å². The Morgan fingerprint density at radius 3 is 2.28 bits per heavy atom. The van der Waals surface area contributed by atoms with Crippen LogP contribution >= 0.6 is 0 Å². The van der Waals surface area contributed by atoms with E-state index in [0.717, 1.165) is 24.8 Å². The number of nitriles is 1. The van der Waals surface area contributed by atoms with E-state index in [4.69, 9.17) is 4.74 Å². The van der Waals surface area contributed by atoms with Gasteiger partial charge in [0, 0.05) is 0 Å². The zero-order chi connectivity index (χ0) is 18.5. The van der Waals surface area contributed by atoms with E-state index in [0.29, 0.717) is 18.4 Å². The van der Waals surface area contributed by atoms with Crippen LogP contribution in [0.25, 0.3) is 0 Å². The molecule has 5 heteroatoms. The van der Waals surface area contributed by atoms with Gasteiger partial charge in [-0.2, -0.15) is 5.26 Å². The SMILES string of the molecule is CC(C)(C)c1ccc(C(=O)OCC(=O)NC2(C#N)CCCCC2)cc1. The molecule has 2 rings (SSSR count). The van der Waals surface area contributed by atoms with Crippen molar-refractivity contribution in [3.8, 4) is 6.07 Å². The van der Waals surface area contributed by atoms with Crippen LogP contribution in [-0.2, 0) is 14.9 Å². The second kappa shape index (κ2) is 7.69. The topological polar surface area (TPSA) is 79.2 Å². The minimum absolute atomic E-state index is 0.00787. The summed E-state index contributed by atoms with van der Waals surface area (Å²) in [6.07, 6.45) is 4.23. The Morgan fingerprint density at radius 1 is 1.16 bits per heavy atom. The molecule has 1 saturated carbocycles. The van der Waals surface area contributed by atoms with Crippen LogP contribution < -0.4 is 5.32 Å². The number of hydrogen-bond donors (Lipinski definition) is 1. The summed E-state index contributed by atoms with van der Waals surface area (Å²) in [5.41, 5.74) is 0.729. The van der Waals surface area contributed by atoms with Crippen molar-refractivity contribution in [1.82, 2.24) is 5.32 Å². The first kappa shape index (κ1) is 19.0. The van der Waals surface area contributed by atoms with Gasteiger partial charge in [-0.3, -0.25) is 4.79 Å². The fourth-order valence-electron chi connectivity index (χ4n) is 3.04. The van der Waals surface area contributed by atoms with E-state index in [1.165, 1.54) is 0 Å². The molecule has 0 unspecified atom stereocenters. The van der Waals surface area contributed by atoms with Crippen molar-refractivity contribution in [1.29, 1.82) is 5.26 Å². The lowest BCUT2D eigenvalue weighted by atomic mass is 9.83. The molecule has 0 spiro atoms. The molecular formula is C20H26N2O3. The second-order valence-electron chi connectivity index (χ2n) is 7.71. The normalized spacial score (nSPS) is 16.6. The van der Waals surface area contributed by atoms with E-state index >= 15 is 0 Å². The number of hydrogen-bond acceptors (Lipinski definition) is 4. The Labute approximate surface area is 149 Å². The molecule has 1 aromatic rings. The minimum atomic E-state index is -0.809. The number of nitrogens with one attached hydrogen (secondary N) is 1. The summed E-state index contributed by atoms with van der Waals surface area (Å²) in [6, 6.07) is 9.41. The van der Waals surface area contributed by atoms with Gasteiger partial charge in [0.05, 0.1) is 11.6 Å². The molecule has 0 atom stereocenters. The first-order valence-corrected chi connectivity index (χ1v) is 8.76. The molecule has 25 heavy (non-hydrogen) atoms. The standard InChI is InChI=1S/C20H26N2O3/c1-19(2,3)16-9-7-15(8-10-16)18(24)25-13-17(23)22-20(14-21)11-5-4-6-12-20/h7-10H,4-6,11-13H2,1-3H3,(H,22,23).